The second-order valence-electron chi connectivity index (χ2n) is 6.74. The molecule has 0 aromatic heterocycles. The lowest BCUT2D eigenvalue weighted by Crippen LogP contribution is -2.31. The zero-order valence-electron chi connectivity index (χ0n) is 12.7. The summed E-state index contributed by atoms with van der Waals surface area (Å²) >= 11 is 0. The van der Waals surface area contributed by atoms with Gasteiger partial charge in [0.25, 0.3) is 0 Å². The summed E-state index contributed by atoms with van der Waals surface area (Å²) in [6.07, 6.45) is 0.678. The maximum Gasteiger partial charge on any atom is 0.220 e. The van der Waals surface area contributed by atoms with Crippen LogP contribution in [0.5, 0.6) is 0 Å². The average Bonchev–Trinajstić information content (AvgIpc) is 2.85. The first-order valence-corrected chi connectivity index (χ1v) is 7.79. The summed E-state index contributed by atoms with van der Waals surface area (Å²) in [5, 5.41) is 2.97. The highest BCUT2D eigenvalue weighted by Gasteiger charge is 2.55. The van der Waals surface area contributed by atoms with Gasteiger partial charge in [-0.1, -0.05) is 12.1 Å². The van der Waals surface area contributed by atoms with Gasteiger partial charge in [0, 0.05) is 32.1 Å². The molecule has 0 spiro atoms. The maximum absolute atomic E-state index is 12.9. The van der Waals surface area contributed by atoms with Crippen LogP contribution in [0.4, 0.5) is 4.39 Å². The summed E-state index contributed by atoms with van der Waals surface area (Å²) in [5.74, 6) is 1.95. The predicted molar refractivity (Wildman–Crippen MR) is 80.0 cm³/mol. The molecule has 114 valence electrons. The van der Waals surface area contributed by atoms with E-state index in [1.54, 1.807) is 0 Å². The van der Waals surface area contributed by atoms with Crippen LogP contribution in [-0.4, -0.2) is 29.9 Å². The van der Waals surface area contributed by atoms with Gasteiger partial charge < -0.3 is 5.32 Å². The van der Waals surface area contributed by atoms with Crippen LogP contribution in [-0.2, 0) is 11.3 Å². The summed E-state index contributed by atoms with van der Waals surface area (Å²) in [4.78, 5) is 14.2. The summed E-state index contributed by atoms with van der Waals surface area (Å²) in [7, 11) is 0. The van der Waals surface area contributed by atoms with Crippen LogP contribution in [0.2, 0.25) is 0 Å². The number of likely N-dealkylation sites (tertiary alicyclic amines) is 1. The Morgan fingerprint density at radius 3 is 2.48 bits per heavy atom. The number of hydrogen-bond donors (Lipinski definition) is 1. The Kier molecular flexibility index (Phi) is 3.98. The van der Waals surface area contributed by atoms with Crippen molar-refractivity contribution in [1.29, 1.82) is 0 Å². The molecule has 1 N–H and O–H groups in total. The van der Waals surface area contributed by atoms with E-state index in [-0.39, 0.29) is 17.8 Å². The van der Waals surface area contributed by atoms with Crippen molar-refractivity contribution in [3.8, 4) is 0 Å². The molecule has 3 atom stereocenters. The van der Waals surface area contributed by atoms with Gasteiger partial charge in [-0.2, -0.15) is 0 Å². The van der Waals surface area contributed by atoms with Gasteiger partial charge in [0.1, 0.15) is 5.82 Å². The molecule has 1 aromatic rings. The lowest BCUT2D eigenvalue weighted by molar-refractivity contribution is -0.122. The molecular weight excluding hydrogens is 267 g/mol. The molecule has 2 aliphatic rings. The van der Waals surface area contributed by atoms with Crippen LogP contribution in [0, 0.1) is 23.6 Å². The summed E-state index contributed by atoms with van der Waals surface area (Å²) in [5.41, 5.74) is 1.16. The second kappa shape index (κ2) is 5.76. The summed E-state index contributed by atoms with van der Waals surface area (Å²) in [6.45, 7) is 7.02. The number of nitrogens with zero attached hydrogens (tertiary/aromatic N) is 1. The van der Waals surface area contributed by atoms with Crippen molar-refractivity contribution in [1.82, 2.24) is 10.2 Å². The van der Waals surface area contributed by atoms with Crippen molar-refractivity contribution >= 4 is 5.91 Å². The molecule has 1 aromatic carbocycles. The zero-order chi connectivity index (χ0) is 15.0. The second-order valence-corrected chi connectivity index (χ2v) is 6.74. The van der Waals surface area contributed by atoms with Crippen LogP contribution in [0.1, 0.15) is 25.8 Å². The topological polar surface area (TPSA) is 32.3 Å². The highest BCUT2D eigenvalue weighted by Crippen LogP contribution is 2.53. The van der Waals surface area contributed by atoms with Crippen molar-refractivity contribution in [3.63, 3.8) is 0 Å². The molecule has 21 heavy (non-hydrogen) atoms. The molecule has 1 saturated heterocycles. The number of piperidine rings is 1. The van der Waals surface area contributed by atoms with Crippen LogP contribution in [0.15, 0.2) is 24.3 Å². The largest absolute Gasteiger partial charge is 0.354 e. The van der Waals surface area contributed by atoms with Gasteiger partial charge in [0.05, 0.1) is 0 Å². The van der Waals surface area contributed by atoms with Crippen molar-refractivity contribution in [2.75, 3.05) is 13.1 Å². The highest BCUT2D eigenvalue weighted by molar-refractivity contribution is 5.76. The monoisotopic (exact) mass is 290 g/mol. The van der Waals surface area contributed by atoms with E-state index in [0.717, 1.165) is 25.2 Å². The third-order valence-corrected chi connectivity index (χ3v) is 4.64. The van der Waals surface area contributed by atoms with Crippen LogP contribution < -0.4 is 5.32 Å². The SMILES string of the molecule is CC(C)NC(=O)CC1[C@H]2CN(Cc3ccc(F)cc3)C[C@@H]12. The summed E-state index contributed by atoms with van der Waals surface area (Å²) < 4.78 is 12.9. The fourth-order valence-corrected chi connectivity index (χ4v) is 3.61. The van der Waals surface area contributed by atoms with E-state index in [1.165, 1.54) is 12.1 Å². The van der Waals surface area contributed by atoms with Crippen LogP contribution >= 0.6 is 0 Å². The smallest absolute Gasteiger partial charge is 0.220 e. The Hall–Kier alpha value is -1.42. The first kappa shape index (κ1) is 14.5. The number of nitrogens with one attached hydrogen (secondary N) is 1. The van der Waals surface area contributed by atoms with E-state index in [9.17, 15) is 9.18 Å². The van der Waals surface area contributed by atoms with Crippen molar-refractivity contribution < 1.29 is 9.18 Å². The number of fused-ring (bicyclic) bond motifs is 1. The Bertz CT molecular complexity index is 502. The number of rotatable bonds is 5. The van der Waals surface area contributed by atoms with Crippen LogP contribution in [0.3, 0.4) is 0 Å². The third kappa shape index (κ3) is 3.43. The molecule has 1 amide bonds. The molecule has 1 unspecified atom stereocenters. The van der Waals surface area contributed by atoms with E-state index >= 15 is 0 Å². The highest BCUT2D eigenvalue weighted by atomic mass is 19.1. The zero-order valence-corrected chi connectivity index (χ0v) is 12.7. The van der Waals surface area contributed by atoms with Gasteiger partial charge >= 0.3 is 0 Å². The van der Waals surface area contributed by atoms with E-state index in [2.05, 4.69) is 10.2 Å². The first-order chi connectivity index (χ1) is 10.0. The Morgan fingerprint density at radius 2 is 1.90 bits per heavy atom. The molecular formula is C17H23FN2O. The number of halogens is 1. The Balaban J connectivity index is 1.44. The molecule has 4 heteroatoms. The van der Waals surface area contributed by atoms with Gasteiger partial charge in [-0.25, -0.2) is 4.39 Å². The third-order valence-electron chi connectivity index (χ3n) is 4.64. The molecule has 0 radical (unpaired) electrons. The Labute approximate surface area is 125 Å². The molecule has 0 bridgehead atoms. The standard InChI is InChI=1S/C17H23FN2O/c1-11(2)19-17(21)7-14-15-9-20(10-16(14)15)8-12-3-5-13(18)6-4-12/h3-6,11,14-16H,7-10H2,1-2H3,(H,19,21)/t14?,15-,16+. The number of benzene rings is 1. The van der Waals surface area contributed by atoms with Gasteiger partial charge in [0.2, 0.25) is 5.91 Å². The molecule has 1 aliphatic carbocycles. The molecule has 1 saturated carbocycles. The fourth-order valence-electron chi connectivity index (χ4n) is 3.61. The number of amides is 1. The number of carbonyl (C=O) groups is 1. The number of hydrogen-bond acceptors (Lipinski definition) is 2. The molecule has 2 fully saturated rings. The minimum Gasteiger partial charge on any atom is -0.354 e. The lowest BCUT2D eigenvalue weighted by atomic mass is 10.1. The van der Waals surface area contributed by atoms with Crippen LogP contribution in [0.25, 0.3) is 0 Å². The van der Waals surface area contributed by atoms with E-state index in [1.807, 2.05) is 26.0 Å². The van der Waals surface area contributed by atoms with Crippen molar-refractivity contribution in [3.05, 3.63) is 35.6 Å². The minimum absolute atomic E-state index is 0.181. The minimum atomic E-state index is -0.181. The predicted octanol–water partition coefficient (Wildman–Crippen LogP) is 2.42. The first-order valence-electron chi connectivity index (χ1n) is 7.79. The van der Waals surface area contributed by atoms with E-state index in [4.69, 9.17) is 0 Å². The Morgan fingerprint density at radius 1 is 1.29 bits per heavy atom. The van der Waals surface area contributed by atoms with E-state index in [0.29, 0.717) is 24.2 Å². The van der Waals surface area contributed by atoms with E-state index < -0.39 is 0 Å². The maximum atomic E-state index is 12.9. The lowest BCUT2D eigenvalue weighted by Gasteiger charge is -2.19. The average molecular weight is 290 g/mol. The van der Waals surface area contributed by atoms with Crippen molar-refractivity contribution in [2.24, 2.45) is 17.8 Å². The fraction of sp³-hybridized carbons (Fsp3) is 0.588. The van der Waals surface area contributed by atoms with Crippen molar-refractivity contribution in [2.45, 2.75) is 32.9 Å². The quantitative estimate of drug-likeness (QED) is 0.903. The molecule has 3 nitrogen and oxygen atoms in total. The normalized spacial score (nSPS) is 27.7. The summed E-state index contributed by atoms with van der Waals surface area (Å²) in [6, 6.07) is 6.97. The van der Waals surface area contributed by atoms with Gasteiger partial charge in [-0.05, 0) is 49.3 Å². The molecule has 3 rings (SSSR count). The van der Waals surface area contributed by atoms with Gasteiger partial charge in [-0.3, -0.25) is 9.69 Å². The number of carbonyl (C=O) groups excluding carboxylic acids is 1. The van der Waals surface area contributed by atoms with Gasteiger partial charge in [-0.15, -0.1) is 0 Å². The van der Waals surface area contributed by atoms with Gasteiger partial charge in [0.15, 0.2) is 0 Å². The molecule has 1 heterocycles. The molecule has 1 aliphatic heterocycles.